The molecule has 0 bridgehead atoms. The molecule has 0 saturated heterocycles. The molecule has 20 heavy (non-hydrogen) atoms. The Hall–Kier alpha value is -1.04. The number of thiophene rings is 1. The van der Waals surface area contributed by atoms with E-state index >= 15 is 0 Å². The van der Waals surface area contributed by atoms with Gasteiger partial charge in [-0.2, -0.15) is 11.3 Å². The average molecular weight is 356 g/mol. The molecule has 0 amide bonds. The fourth-order valence-electron chi connectivity index (χ4n) is 1.93. The standard InChI is InChI=1S/C15H18BrNO2S/c1-10(17)5-12-6-13(16)15(14(7-12)18-2)19-8-11-3-4-20-9-11/h3-4,6-7,9-10H,5,8,17H2,1-2H3. The minimum atomic E-state index is 0.115. The van der Waals surface area contributed by atoms with Crippen molar-refractivity contribution >= 4 is 27.3 Å². The molecule has 2 rings (SSSR count). The maximum Gasteiger partial charge on any atom is 0.175 e. The number of methoxy groups -OCH3 is 1. The summed E-state index contributed by atoms with van der Waals surface area (Å²) in [6.07, 6.45) is 0.805. The van der Waals surface area contributed by atoms with Crippen LogP contribution in [0.4, 0.5) is 0 Å². The van der Waals surface area contributed by atoms with Gasteiger partial charge < -0.3 is 15.2 Å². The van der Waals surface area contributed by atoms with Crippen molar-refractivity contribution in [1.82, 2.24) is 0 Å². The first-order valence-corrected chi connectivity index (χ1v) is 8.09. The number of rotatable bonds is 6. The molecule has 0 aliphatic rings. The van der Waals surface area contributed by atoms with Gasteiger partial charge in [-0.1, -0.05) is 0 Å². The Morgan fingerprint density at radius 1 is 1.35 bits per heavy atom. The minimum Gasteiger partial charge on any atom is -0.493 e. The van der Waals surface area contributed by atoms with E-state index in [-0.39, 0.29) is 6.04 Å². The first kappa shape index (κ1) is 15.4. The topological polar surface area (TPSA) is 44.5 Å². The van der Waals surface area contributed by atoms with Crippen LogP contribution in [-0.4, -0.2) is 13.2 Å². The molecule has 108 valence electrons. The van der Waals surface area contributed by atoms with Crippen molar-refractivity contribution in [3.05, 3.63) is 44.6 Å². The summed E-state index contributed by atoms with van der Waals surface area (Å²) in [4.78, 5) is 0. The quantitative estimate of drug-likeness (QED) is 0.851. The van der Waals surface area contributed by atoms with Crippen LogP contribution in [0.15, 0.2) is 33.4 Å². The SMILES string of the molecule is COc1cc(CC(C)N)cc(Br)c1OCc1ccsc1. The van der Waals surface area contributed by atoms with Crippen molar-refractivity contribution < 1.29 is 9.47 Å². The van der Waals surface area contributed by atoms with Crippen molar-refractivity contribution in [3.63, 3.8) is 0 Å². The monoisotopic (exact) mass is 355 g/mol. The number of benzene rings is 1. The predicted molar refractivity (Wildman–Crippen MR) is 86.7 cm³/mol. The van der Waals surface area contributed by atoms with Crippen LogP contribution in [0.3, 0.4) is 0 Å². The Bertz CT molecular complexity index is 555. The molecule has 0 radical (unpaired) electrons. The van der Waals surface area contributed by atoms with Gasteiger partial charge in [0, 0.05) is 6.04 Å². The first-order chi connectivity index (χ1) is 9.60. The zero-order chi connectivity index (χ0) is 14.5. The van der Waals surface area contributed by atoms with Crippen LogP contribution >= 0.6 is 27.3 Å². The molecule has 1 unspecified atom stereocenters. The number of hydrogen-bond donors (Lipinski definition) is 1. The third kappa shape index (κ3) is 3.98. The number of halogens is 1. The molecule has 0 aliphatic heterocycles. The summed E-state index contributed by atoms with van der Waals surface area (Å²) in [5.74, 6) is 1.46. The van der Waals surface area contributed by atoms with E-state index in [9.17, 15) is 0 Å². The summed E-state index contributed by atoms with van der Waals surface area (Å²) in [7, 11) is 1.65. The van der Waals surface area contributed by atoms with E-state index in [2.05, 4.69) is 27.4 Å². The van der Waals surface area contributed by atoms with E-state index in [0.29, 0.717) is 6.61 Å². The van der Waals surface area contributed by atoms with Gasteiger partial charge in [0.1, 0.15) is 6.61 Å². The van der Waals surface area contributed by atoms with E-state index in [4.69, 9.17) is 15.2 Å². The van der Waals surface area contributed by atoms with Crippen LogP contribution in [0.1, 0.15) is 18.1 Å². The highest BCUT2D eigenvalue weighted by Crippen LogP contribution is 2.37. The van der Waals surface area contributed by atoms with Crippen molar-refractivity contribution in [1.29, 1.82) is 0 Å². The molecule has 0 fully saturated rings. The summed E-state index contributed by atoms with van der Waals surface area (Å²) >= 11 is 5.21. The number of ether oxygens (including phenoxy) is 2. The fraction of sp³-hybridized carbons (Fsp3) is 0.333. The molecular weight excluding hydrogens is 338 g/mol. The van der Waals surface area contributed by atoms with E-state index < -0.39 is 0 Å². The second-order valence-corrected chi connectivity index (χ2v) is 6.35. The second kappa shape index (κ2) is 7.11. The van der Waals surface area contributed by atoms with Gasteiger partial charge in [-0.3, -0.25) is 0 Å². The zero-order valence-electron chi connectivity index (χ0n) is 11.6. The van der Waals surface area contributed by atoms with Crippen LogP contribution in [0, 0.1) is 0 Å². The first-order valence-electron chi connectivity index (χ1n) is 6.36. The Labute approximate surface area is 131 Å². The van der Waals surface area contributed by atoms with Gasteiger partial charge in [0.2, 0.25) is 0 Å². The van der Waals surface area contributed by atoms with Crippen molar-refractivity contribution in [2.24, 2.45) is 5.73 Å². The summed E-state index contributed by atoms with van der Waals surface area (Å²) in [5.41, 5.74) is 8.13. The molecule has 1 heterocycles. The highest BCUT2D eigenvalue weighted by atomic mass is 79.9. The molecule has 3 nitrogen and oxygen atoms in total. The van der Waals surface area contributed by atoms with Gasteiger partial charge in [-0.15, -0.1) is 0 Å². The van der Waals surface area contributed by atoms with Crippen LogP contribution in [0.2, 0.25) is 0 Å². The fourth-order valence-corrected chi connectivity index (χ4v) is 3.19. The molecule has 1 atom stereocenters. The Morgan fingerprint density at radius 3 is 2.75 bits per heavy atom. The van der Waals surface area contributed by atoms with Gasteiger partial charge in [0.05, 0.1) is 11.6 Å². The van der Waals surface area contributed by atoms with Gasteiger partial charge in [-0.25, -0.2) is 0 Å². The molecule has 1 aromatic heterocycles. The van der Waals surface area contributed by atoms with Crippen LogP contribution in [0.25, 0.3) is 0 Å². The highest BCUT2D eigenvalue weighted by molar-refractivity contribution is 9.10. The van der Waals surface area contributed by atoms with Crippen molar-refractivity contribution in [3.8, 4) is 11.5 Å². The maximum atomic E-state index is 5.87. The Kier molecular flexibility index (Phi) is 5.46. The highest BCUT2D eigenvalue weighted by Gasteiger charge is 2.12. The van der Waals surface area contributed by atoms with Gasteiger partial charge in [0.25, 0.3) is 0 Å². The van der Waals surface area contributed by atoms with Crippen molar-refractivity contribution in [2.75, 3.05) is 7.11 Å². The number of nitrogens with two attached hydrogens (primary N) is 1. The van der Waals surface area contributed by atoms with Gasteiger partial charge in [0.15, 0.2) is 11.5 Å². The lowest BCUT2D eigenvalue weighted by Crippen LogP contribution is -2.17. The molecule has 2 N–H and O–H groups in total. The molecule has 0 spiro atoms. The van der Waals surface area contributed by atoms with Crippen LogP contribution in [-0.2, 0) is 13.0 Å². The second-order valence-electron chi connectivity index (χ2n) is 4.71. The van der Waals surface area contributed by atoms with Gasteiger partial charge in [-0.05, 0) is 69.4 Å². The Morgan fingerprint density at radius 2 is 2.15 bits per heavy atom. The molecule has 0 saturated carbocycles. The molecular formula is C15H18BrNO2S. The maximum absolute atomic E-state index is 5.87. The van der Waals surface area contributed by atoms with Crippen LogP contribution in [0.5, 0.6) is 11.5 Å². The lowest BCUT2D eigenvalue weighted by molar-refractivity contribution is 0.282. The summed E-state index contributed by atoms with van der Waals surface area (Å²) in [6.45, 7) is 2.52. The van der Waals surface area contributed by atoms with Gasteiger partial charge >= 0.3 is 0 Å². The van der Waals surface area contributed by atoms with E-state index in [1.807, 2.05) is 24.4 Å². The summed E-state index contributed by atoms with van der Waals surface area (Å²) in [6, 6.07) is 6.19. The number of hydrogen-bond acceptors (Lipinski definition) is 4. The van der Waals surface area contributed by atoms with E-state index in [1.165, 1.54) is 0 Å². The molecule has 0 aliphatic carbocycles. The smallest absolute Gasteiger partial charge is 0.175 e. The van der Waals surface area contributed by atoms with Crippen molar-refractivity contribution in [2.45, 2.75) is 26.0 Å². The van der Waals surface area contributed by atoms with Crippen LogP contribution < -0.4 is 15.2 Å². The zero-order valence-corrected chi connectivity index (χ0v) is 14.0. The summed E-state index contributed by atoms with van der Waals surface area (Å²) in [5, 5.41) is 4.11. The Balaban J connectivity index is 2.18. The normalized spacial score (nSPS) is 12.2. The van der Waals surface area contributed by atoms with E-state index in [0.717, 1.165) is 33.5 Å². The lowest BCUT2D eigenvalue weighted by atomic mass is 10.1. The molecule has 1 aromatic carbocycles. The molecule has 5 heteroatoms. The summed E-state index contributed by atoms with van der Waals surface area (Å²) < 4.78 is 12.2. The third-order valence-electron chi connectivity index (χ3n) is 2.81. The molecule has 2 aromatic rings. The largest absolute Gasteiger partial charge is 0.493 e. The lowest BCUT2D eigenvalue weighted by Gasteiger charge is -2.15. The predicted octanol–water partition coefficient (Wildman–Crippen LogP) is 3.99. The van der Waals surface area contributed by atoms with E-state index in [1.54, 1.807) is 18.4 Å². The third-order valence-corrected chi connectivity index (χ3v) is 4.13. The average Bonchev–Trinajstić information content (AvgIpc) is 2.89. The minimum absolute atomic E-state index is 0.115.